The average molecular weight is 307 g/mol. The quantitative estimate of drug-likeness (QED) is 0.732. The molecule has 0 aromatic heterocycles. The lowest BCUT2D eigenvalue weighted by atomic mass is 10.1. The predicted octanol–water partition coefficient (Wildman–Crippen LogP) is 2.35. The Morgan fingerprint density at radius 2 is 2.44 bits per heavy atom. The van der Waals surface area contributed by atoms with Crippen LogP contribution in [0, 0.1) is 0 Å². The van der Waals surface area contributed by atoms with E-state index in [0.717, 1.165) is 31.4 Å². The van der Waals surface area contributed by atoms with Crippen LogP contribution >= 0.6 is 27.7 Å². The number of ether oxygens (including phenoxy) is 1. The summed E-state index contributed by atoms with van der Waals surface area (Å²) < 4.78 is 5.71. The molecule has 3 nitrogen and oxygen atoms in total. The van der Waals surface area contributed by atoms with Crippen molar-refractivity contribution in [3.05, 3.63) is 0 Å². The van der Waals surface area contributed by atoms with Gasteiger partial charge < -0.3 is 9.64 Å². The molecular formula is C11H19BrN2OS. The Balaban J connectivity index is 2.00. The Bertz CT molecular complexity index is 275. The zero-order valence-corrected chi connectivity index (χ0v) is 12.3. The van der Waals surface area contributed by atoms with Crippen LogP contribution in [-0.2, 0) is 4.74 Å². The largest absolute Gasteiger partial charge is 0.375 e. The summed E-state index contributed by atoms with van der Waals surface area (Å²) in [7, 11) is 0. The SMILES string of the molecule is CCC1COC(C)CN1C1=NCC(CBr)S1. The molecular weight excluding hydrogens is 288 g/mol. The second-order valence-corrected chi connectivity index (χ2v) is 6.29. The molecule has 1 fully saturated rings. The molecule has 2 heterocycles. The molecule has 0 bridgehead atoms. The maximum Gasteiger partial charge on any atom is 0.160 e. The molecule has 0 radical (unpaired) electrons. The van der Waals surface area contributed by atoms with Gasteiger partial charge in [0.1, 0.15) is 0 Å². The maximum absolute atomic E-state index is 5.71. The van der Waals surface area contributed by atoms with Crippen LogP contribution in [0.4, 0.5) is 0 Å². The Kier molecular flexibility index (Phi) is 4.56. The first kappa shape index (κ1) is 12.7. The van der Waals surface area contributed by atoms with Crippen molar-refractivity contribution in [3.63, 3.8) is 0 Å². The first-order chi connectivity index (χ1) is 7.74. The molecule has 3 unspecified atom stereocenters. The first-order valence-electron chi connectivity index (χ1n) is 5.90. The molecule has 0 saturated carbocycles. The summed E-state index contributed by atoms with van der Waals surface area (Å²) in [6.07, 6.45) is 1.46. The van der Waals surface area contributed by atoms with Gasteiger partial charge in [-0.2, -0.15) is 0 Å². The van der Waals surface area contributed by atoms with E-state index in [9.17, 15) is 0 Å². The Hall–Kier alpha value is 0.260. The fourth-order valence-electron chi connectivity index (χ4n) is 2.06. The highest BCUT2D eigenvalue weighted by Crippen LogP contribution is 2.28. The number of aliphatic imine (C=N–C) groups is 1. The van der Waals surface area contributed by atoms with Crippen LogP contribution in [-0.4, -0.2) is 52.5 Å². The number of thioether (sulfide) groups is 1. The highest BCUT2D eigenvalue weighted by atomic mass is 79.9. The second-order valence-electron chi connectivity index (χ2n) is 4.38. The number of nitrogens with zero attached hydrogens (tertiary/aromatic N) is 2. The summed E-state index contributed by atoms with van der Waals surface area (Å²) in [4.78, 5) is 7.11. The molecule has 5 heteroatoms. The number of morpholine rings is 1. The molecule has 2 aliphatic rings. The fourth-order valence-corrected chi connectivity index (χ4v) is 3.68. The van der Waals surface area contributed by atoms with Crippen molar-refractivity contribution in [3.8, 4) is 0 Å². The monoisotopic (exact) mass is 306 g/mol. The molecule has 1 saturated heterocycles. The zero-order chi connectivity index (χ0) is 11.5. The maximum atomic E-state index is 5.71. The highest BCUT2D eigenvalue weighted by Gasteiger charge is 2.31. The minimum Gasteiger partial charge on any atom is -0.375 e. The third-order valence-corrected chi connectivity index (χ3v) is 5.49. The Morgan fingerprint density at radius 3 is 3.06 bits per heavy atom. The molecule has 0 aromatic carbocycles. The molecule has 2 aliphatic heterocycles. The van der Waals surface area contributed by atoms with Crippen molar-refractivity contribution in [1.82, 2.24) is 4.90 Å². The van der Waals surface area contributed by atoms with Crippen molar-refractivity contribution in [2.45, 2.75) is 37.7 Å². The van der Waals surface area contributed by atoms with E-state index in [1.165, 1.54) is 5.17 Å². The molecule has 0 aromatic rings. The van der Waals surface area contributed by atoms with E-state index in [4.69, 9.17) is 4.74 Å². The van der Waals surface area contributed by atoms with Crippen molar-refractivity contribution in [2.75, 3.05) is 25.0 Å². The summed E-state index contributed by atoms with van der Waals surface area (Å²) in [6, 6.07) is 0.511. The third-order valence-electron chi connectivity index (χ3n) is 3.06. The van der Waals surface area contributed by atoms with E-state index in [-0.39, 0.29) is 0 Å². The number of rotatable bonds is 2. The number of hydrogen-bond acceptors (Lipinski definition) is 4. The van der Waals surface area contributed by atoms with Crippen molar-refractivity contribution in [2.24, 2.45) is 4.99 Å². The van der Waals surface area contributed by atoms with E-state index in [2.05, 4.69) is 39.7 Å². The number of halogens is 1. The van der Waals surface area contributed by atoms with E-state index in [0.29, 0.717) is 17.4 Å². The zero-order valence-electron chi connectivity index (χ0n) is 9.86. The van der Waals surface area contributed by atoms with Crippen molar-refractivity contribution >= 4 is 32.9 Å². The van der Waals surface area contributed by atoms with Crippen LogP contribution in [0.2, 0.25) is 0 Å². The Labute approximate surface area is 110 Å². The second kappa shape index (κ2) is 5.74. The average Bonchev–Trinajstić information content (AvgIpc) is 2.77. The van der Waals surface area contributed by atoms with Gasteiger partial charge in [0.2, 0.25) is 0 Å². The molecule has 0 aliphatic carbocycles. The summed E-state index contributed by atoms with van der Waals surface area (Å²) >= 11 is 5.45. The topological polar surface area (TPSA) is 24.8 Å². The van der Waals surface area contributed by atoms with Gasteiger partial charge in [-0.15, -0.1) is 0 Å². The molecule has 3 atom stereocenters. The van der Waals surface area contributed by atoms with Gasteiger partial charge in [0, 0.05) is 17.1 Å². The van der Waals surface area contributed by atoms with Crippen molar-refractivity contribution in [1.29, 1.82) is 0 Å². The molecule has 0 amide bonds. The van der Waals surface area contributed by atoms with Crippen LogP contribution in [0.25, 0.3) is 0 Å². The minimum atomic E-state index is 0.328. The van der Waals surface area contributed by atoms with Gasteiger partial charge in [0.25, 0.3) is 0 Å². The predicted molar refractivity (Wildman–Crippen MR) is 73.7 cm³/mol. The van der Waals surface area contributed by atoms with Crippen LogP contribution in [0.5, 0.6) is 0 Å². The lowest BCUT2D eigenvalue weighted by Gasteiger charge is -2.39. The van der Waals surface area contributed by atoms with Crippen LogP contribution in [0.15, 0.2) is 4.99 Å². The van der Waals surface area contributed by atoms with E-state index in [1.54, 1.807) is 0 Å². The normalized spacial score (nSPS) is 35.3. The van der Waals surface area contributed by atoms with E-state index in [1.807, 2.05) is 11.8 Å². The summed E-state index contributed by atoms with van der Waals surface area (Å²) in [5, 5.41) is 2.87. The Morgan fingerprint density at radius 1 is 1.62 bits per heavy atom. The standard InChI is InChI=1S/C11H19BrN2OS/c1-3-9-7-15-8(2)6-14(9)11-13-5-10(4-12)16-11/h8-10H,3-7H2,1-2H3. The fraction of sp³-hybridized carbons (Fsp3) is 0.909. The molecule has 92 valence electrons. The van der Waals surface area contributed by atoms with E-state index < -0.39 is 0 Å². The summed E-state index contributed by atoms with van der Waals surface area (Å²) in [6.45, 7) is 7.14. The van der Waals surface area contributed by atoms with E-state index >= 15 is 0 Å². The lowest BCUT2D eigenvalue weighted by Crippen LogP contribution is -2.50. The smallest absolute Gasteiger partial charge is 0.160 e. The third kappa shape index (κ3) is 2.74. The number of alkyl halides is 1. The van der Waals surface area contributed by atoms with Gasteiger partial charge in [-0.3, -0.25) is 4.99 Å². The van der Waals surface area contributed by atoms with Crippen LogP contribution in [0.1, 0.15) is 20.3 Å². The summed E-state index contributed by atoms with van der Waals surface area (Å²) in [5.41, 5.74) is 0. The van der Waals surface area contributed by atoms with Crippen molar-refractivity contribution < 1.29 is 4.74 Å². The number of amidine groups is 1. The van der Waals surface area contributed by atoms with Gasteiger partial charge in [-0.05, 0) is 13.3 Å². The molecule has 16 heavy (non-hydrogen) atoms. The van der Waals surface area contributed by atoms with Crippen LogP contribution < -0.4 is 0 Å². The molecule has 0 spiro atoms. The van der Waals surface area contributed by atoms with Crippen LogP contribution in [0.3, 0.4) is 0 Å². The van der Waals surface area contributed by atoms with Gasteiger partial charge >= 0.3 is 0 Å². The lowest BCUT2D eigenvalue weighted by molar-refractivity contribution is -0.0272. The highest BCUT2D eigenvalue weighted by molar-refractivity contribution is 9.09. The number of hydrogen-bond donors (Lipinski definition) is 0. The van der Waals surface area contributed by atoms with Gasteiger partial charge in [0.05, 0.1) is 25.3 Å². The van der Waals surface area contributed by atoms with Gasteiger partial charge in [-0.25, -0.2) is 0 Å². The first-order valence-corrected chi connectivity index (χ1v) is 7.90. The molecule has 2 rings (SSSR count). The van der Waals surface area contributed by atoms with Gasteiger partial charge in [-0.1, -0.05) is 34.6 Å². The molecule has 0 N–H and O–H groups in total. The minimum absolute atomic E-state index is 0.328. The van der Waals surface area contributed by atoms with Gasteiger partial charge in [0.15, 0.2) is 5.17 Å². The summed E-state index contributed by atoms with van der Waals surface area (Å²) in [5.74, 6) is 0.